The summed E-state index contributed by atoms with van der Waals surface area (Å²) in [4.78, 5) is 36.0. The van der Waals surface area contributed by atoms with Crippen molar-refractivity contribution in [3.05, 3.63) is 66.9 Å². The van der Waals surface area contributed by atoms with Crippen molar-refractivity contribution >= 4 is 17.4 Å². The molecule has 0 atom stereocenters. The number of carbonyl (C=O) groups is 1. The average molecular weight is 293 g/mol. The molecule has 0 N–H and O–H groups in total. The molecule has 0 aliphatic carbocycles. The molecule has 1 heterocycles. The summed E-state index contributed by atoms with van der Waals surface area (Å²) in [6.07, 6.45) is 1.25. The summed E-state index contributed by atoms with van der Waals surface area (Å²) < 4.78 is 2.10. The maximum atomic E-state index is 12.4. The van der Waals surface area contributed by atoms with E-state index in [2.05, 4.69) is 0 Å². The van der Waals surface area contributed by atoms with Crippen molar-refractivity contribution in [1.82, 2.24) is 9.13 Å². The first-order valence-corrected chi connectivity index (χ1v) is 6.28. The van der Waals surface area contributed by atoms with Gasteiger partial charge in [0, 0.05) is 30.9 Å². The van der Waals surface area contributed by atoms with Crippen molar-refractivity contribution in [1.29, 1.82) is 0 Å². The molecule has 2 rings (SSSR count). The lowest BCUT2D eigenvalue weighted by Crippen LogP contribution is -2.39. The van der Waals surface area contributed by atoms with Crippen molar-refractivity contribution in [2.75, 3.05) is 0 Å². The third kappa shape index (κ3) is 2.32. The second kappa shape index (κ2) is 5.09. The molecule has 0 saturated carbocycles. The fourth-order valence-electron chi connectivity index (χ4n) is 1.85. The number of hydrogen-bond acceptors (Lipinski definition) is 3. The Hall–Kier alpha value is -2.14. The molecule has 20 heavy (non-hydrogen) atoms. The normalized spacial score (nSPS) is 10.6. The lowest BCUT2D eigenvalue weighted by molar-refractivity contribution is 0.103. The third-order valence-electron chi connectivity index (χ3n) is 3.13. The Balaban J connectivity index is 2.62. The van der Waals surface area contributed by atoms with Crippen LogP contribution in [0, 0.1) is 6.92 Å². The molecule has 0 aliphatic heterocycles. The Morgan fingerprint density at radius 3 is 2.45 bits per heavy atom. The van der Waals surface area contributed by atoms with E-state index in [4.69, 9.17) is 11.6 Å². The van der Waals surface area contributed by atoms with Crippen molar-refractivity contribution in [3.8, 4) is 0 Å². The van der Waals surface area contributed by atoms with Gasteiger partial charge in [-0.1, -0.05) is 23.7 Å². The first-order valence-electron chi connectivity index (χ1n) is 5.90. The van der Waals surface area contributed by atoms with Gasteiger partial charge in [0.05, 0.1) is 0 Å². The van der Waals surface area contributed by atoms with Crippen LogP contribution in [-0.4, -0.2) is 14.9 Å². The minimum Gasteiger partial charge on any atom is -0.303 e. The summed E-state index contributed by atoms with van der Waals surface area (Å²) in [5, 5.41) is 0.456. The highest BCUT2D eigenvalue weighted by atomic mass is 35.5. The van der Waals surface area contributed by atoms with E-state index in [1.54, 1.807) is 12.1 Å². The maximum absolute atomic E-state index is 12.4. The van der Waals surface area contributed by atoms with Crippen LogP contribution in [0.3, 0.4) is 0 Å². The molecule has 0 radical (unpaired) electrons. The van der Waals surface area contributed by atoms with Gasteiger partial charge in [0.2, 0.25) is 0 Å². The van der Waals surface area contributed by atoms with Crippen LogP contribution < -0.4 is 11.2 Å². The first kappa shape index (κ1) is 14.3. The van der Waals surface area contributed by atoms with Crippen LogP contribution in [0.2, 0.25) is 5.02 Å². The molecule has 2 aromatic rings. The Kier molecular flexibility index (Phi) is 3.63. The zero-order valence-corrected chi connectivity index (χ0v) is 12.1. The van der Waals surface area contributed by atoms with Gasteiger partial charge in [-0.2, -0.15) is 0 Å². The van der Waals surface area contributed by atoms with E-state index in [9.17, 15) is 14.4 Å². The molecule has 5 nitrogen and oxygen atoms in total. The number of halogens is 1. The smallest absolute Gasteiger partial charge is 0.303 e. The quantitative estimate of drug-likeness (QED) is 0.783. The zero-order valence-electron chi connectivity index (χ0n) is 11.3. The second-order valence-corrected chi connectivity index (χ2v) is 5.00. The monoisotopic (exact) mass is 292 g/mol. The minimum atomic E-state index is -0.616. The van der Waals surface area contributed by atoms with E-state index < -0.39 is 17.0 Å². The van der Waals surface area contributed by atoms with Crippen LogP contribution in [0.15, 0.2) is 34.0 Å². The van der Waals surface area contributed by atoms with Gasteiger partial charge in [-0.05, 0) is 18.6 Å². The van der Waals surface area contributed by atoms with Gasteiger partial charge < -0.3 is 4.57 Å². The summed E-state index contributed by atoms with van der Waals surface area (Å²) in [6, 6.07) is 4.83. The van der Waals surface area contributed by atoms with Crippen molar-refractivity contribution in [3.63, 3.8) is 0 Å². The highest BCUT2D eigenvalue weighted by Gasteiger charge is 2.17. The van der Waals surface area contributed by atoms with Crippen LogP contribution in [0.25, 0.3) is 0 Å². The summed E-state index contributed by atoms with van der Waals surface area (Å²) in [5.41, 5.74) is 0.00531. The standard InChI is InChI=1S/C14H13ClN2O3/c1-8-4-5-9(6-11(8)15)12(18)10-7-16(2)14(20)17(3)13(10)19/h4-7H,1-3H3. The van der Waals surface area contributed by atoms with Crippen LogP contribution in [-0.2, 0) is 14.1 Å². The van der Waals surface area contributed by atoms with E-state index >= 15 is 0 Å². The average Bonchev–Trinajstić information content (AvgIpc) is 2.43. The van der Waals surface area contributed by atoms with Crippen LogP contribution in [0.5, 0.6) is 0 Å². The third-order valence-corrected chi connectivity index (χ3v) is 3.53. The number of carbonyl (C=O) groups excluding carboxylic acids is 1. The highest BCUT2D eigenvalue weighted by molar-refractivity contribution is 6.31. The molecule has 0 bridgehead atoms. The number of hydrogen-bond donors (Lipinski definition) is 0. The van der Waals surface area contributed by atoms with Gasteiger partial charge in [-0.25, -0.2) is 4.79 Å². The molecular weight excluding hydrogens is 280 g/mol. The Bertz CT molecular complexity index is 818. The van der Waals surface area contributed by atoms with E-state index in [1.807, 2.05) is 6.92 Å². The predicted octanol–water partition coefficient (Wildman–Crippen LogP) is 1.28. The molecule has 0 unspecified atom stereocenters. The van der Waals surface area contributed by atoms with E-state index in [-0.39, 0.29) is 5.56 Å². The van der Waals surface area contributed by atoms with Gasteiger partial charge in [0.15, 0.2) is 5.78 Å². The minimum absolute atomic E-state index is 0.0606. The van der Waals surface area contributed by atoms with Gasteiger partial charge in [-0.15, -0.1) is 0 Å². The largest absolute Gasteiger partial charge is 0.330 e. The molecule has 0 fully saturated rings. The SMILES string of the molecule is Cc1ccc(C(=O)c2cn(C)c(=O)n(C)c2=O)cc1Cl. The molecule has 0 spiro atoms. The fourth-order valence-corrected chi connectivity index (χ4v) is 2.03. The predicted molar refractivity (Wildman–Crippen MR) is 76.5 cm³/mol. The number of ketones is 1. The Morgan fingerprint density at radius 2 is 1.85 bits per heavy atom. The molecule has 1 aromatic carbocycles. The van der Waals surface area contributed by atoms with E-state index in [0.717, 1.165) is 10.1 Å². The van der Waals surface area contributed by atoms with E-state index in [1.165, 1.54) is 30.9 Å². The molecular formula is C14H13ClN2O3. The summed E-state index contributed by atoms with van der Waals surface area (Å²) in [5.74, 6) is -0.455. The topological polar surface area (TPSA) is 61.1 Å². The molecule has 0 saturated heterocycles. The molecule has 0 aliphatic rings. The summed E-state index contributed by atoms with van der Waals surface area (Å²) in [6.45, 7) is 1.82. The fraction of sp³-hybridized carbons (Fsp3) is 0.214. The van der Waals surface area contributed by atoms with E-state index in [0.29, 0.717) is 10.6 Å². The van der Waals surface area contributed by atoms with Crippen LogP contribution >= 0.6 is 11.6 Å². The van der Waals surface area contributed by atoms with Gasteiger partial charge >= 0.3 is 5.69 Å². The van der Waals surface area contributed by atoms with Gasteiger partial charge in [0.25, 0.3) is 5.56 Å². The highest BCUT2D eigenvalue weighted by Crippen LogP contribution is 2.18. The second-order valence-electron chi connectivity index (χ2n) is 4.59. The van der Waals surface area contributed by atoms with Gasteiger partial charge in [-0.3, -0.25) is 14.2 Å². The van der Waals surface area contributed by atoms with Crippen molar-refractivity contribution in [2.45, 2.75) is 6.92 Å². The van der Waals surface area contributed by atoms with Crippen molar-refractivity contribution < 1.29 is 4.79 Å². The van der Waals surface area contributed by atoms with Gasteiger partial charge in [0.1, 0.15) is 5.56 Å². The summed E-state index contributed by atoms with van der Waals surface area (Å²) in [7, 11) is 2.82. The number of benzene rings is 1. The zero-order chi connectivity index (χ0) is 15.0. The molecule has 6 heteroatoms. The van der Waals surface area contributed by atoms with Crippen molar-refractivity contribution in [2.24, 2.45) is 14.1 Å². The number of nitrogens with zero attached hydrogens (tertiary/aromatic N) is 2. The first-order chi connectivity index (χ1) is 9.32. The number of aryl methyl sites for hydroxylation is 2. The lowest BCUT2D eigenvalue weighted by atomic mass is 10.0. The molecule has 104 valence electrons. The number of aromatic nitrogens is 2. The summed E-state index contributed by atoms with van der Waals surface area (Å²) >= 11 is 5.98. The lowest BCUT2D eigenvalue weighted by Gasteiger charge is -2.07. The Labute approximate surface area is 120 Å². The molecule has 1 aromatic heterocycles. The van der Waals surface area contributed by atoms with Crippen LogP contribution in [0.4, 0.5) is 0 Å². The maximum Gasteiger partial charge on any atom is 0.330 e. The number of rotatable bonds is 2. The Morgan fingerprint density at radius 1 is 1.20 bits per heavy atom. The van der Waals surface area contributed by atoms with Crippen LogP contribution in [0.1, 0.15) is 21.5 Å². The molecule has 0 amide bonds.